The number of nitrogens with two attached hydrogens (primary N) is 1. The van der Waals surface area contributed by atoms with Crippen molar-refractivity contribution in [1.29, 1.82) is 0 Å². The van der Waals surface area contributed by atoms with Crippen LogP contribution in [0, 0.1) is 0 Å². The minimum absolute atomic E-state index is 0.351. The van der Waals surface area contributed by atoms with Crippen molar-refractivity contribution in [2.45, 2.75) is 39.3 Å². The first-order valence-corrected chi connectivity index (χ1v) is 7.55. The molecule has 1 aromatic rings. The number of rotatable bonds is 7. The van der Waals surface area contributed by atoms with E-state index in [0.29, 0.717) is 17.9 Å². The Morgan fingerprint density at radius 1 is 1.29 bits per heavy atom. The molecule has 24 heavy (non-hydrogen) atoms. The molecule has 1 rings (SSSR count). The quantitative estimate of drug-likeness (QED) is 0.341. The number of hydrogen-bond acceptors (Lipinski definition) is 5. The van der Waals surface area contributed by atoms with E-state index >= 15 is 0 Å². The summed E-state index contributed by atoms with van der Waals surface area (Å²) in [4.78, 5) is 23.9. The van der Waals surface area contributed by atoms with E-state index < -0.39 is 23.4 Å². The molecule has 0 spiro atoms. The first-order chi connectivity index (χ1) is 11.1. The lowest BCUT2D eigenvalue weighted by molar-refractivity contribution is -0.132. The number of allylic oxidation sites excluding steroid dienone is 1. The molecule has 0 fully saturated rings. The van der Waals surface area contributed by atoms with Crippen LogP contribution in [0.5, 0.6) is 5.75 Å². The van der Waals surface area contributed by atoms with Gasteiger partial charge in [-0.2, -0.15) is 0 Å². The minimum atomic E-state index is -1.08. The Bertz CT molecular complexity index is 599. The van der Waals surface area contributed by atoms with Crippen LogP contribution in [0.4, 0.5) is 0 Å². The summed E-state index contributed by atoms with van der Waals surface area (Å²) in [5.41, 5.74) is 7.85. The Balaban J connectivity index is 2.77. The first kappa shape index (κ1) is 19.7. The summed E-state index contributed by atoms with van der Waals surface area (Å²) >= 11 is 0. The van der Waals surface area contributed by atoms with Gasteiger partial charge in [-0.1, -0.05) is 5.57 Å². The van der Waals surface area contributed by atoms with Crippen molar-refractivity contribution in [3.63, 3.8) is 0 Å². The van der Waals surface area contributed by atoms with E-state index in [1.54, 1.807) is 38.1 Å². The minimum Gasteiger partial charge on any atom is -0.490 e. The number of carbonyl (C=O) groups is 2. The monoisotopic (exact) mass is 335 g/mol. The summed E-state index contributed by atoms with van der Waals surface area (Å²) in [6.07, 6.45) is 1.95. The highest BCUT2D eigenvalue weighted by atomic mass is 16.5. The summed E-state index contributed by atoms with van der Waals surface area (Å²) < 4.78 is 5.52. The second-order valence-electron chi connectivity index (χ2n) is 6.32. The molecule has 0 aromatic heterocycles. The number of benzene rings is 1. The molecule has 0 aliphatic carbocycles. The van der Waals surface area contributed by atoms with Crippen molar-refractivity contribution in [2.24, 2.45) is 5.73 Å². The molecule has 1 aromatic carbocycles. The highest BCUT2D eigenvalue weighted by Gasteiger charge is 2.33. The largest absolute Gasteiger partial charge is 0.490 e. The van der Waals surface area contributed by atoms with E-state index in [4.69, 9.17) is 15.7 Å². The molecule has 7 heteroatoms. The molecule has 1 atom stereocenters. The smallest absolute Gasteiger partial charge is 0.267 e. The lowest BCUT2D eigenvalue weighted by atomic mass is 9.95. The molecule has 7 nitrogen and oxygen atoms in total. The Morgan fingerprint density at radius 3 is 2.33 bits per heavy atom. The third-order valence-corrected chi connectivity index (χ3v) is 3.25. The van der Waals surface area contributed by atoms with Gasteiger partial charge in [0.05, 0.1) is 0 Å². The average Bonchev–Trinajstić information content (AvgIpc) is 2.51. The van der Waals surface area contributed by atoms with Gasteiger partial charge in [0.1, 0.15) is 18.4 Å². The predicted molar refractivity (Wildman–Crippen MR) is 90.8 cm³/mol. The number of hydroxylamine groups is 1. The van der Waals surface area contributed by atoms with Crippen LogP contribution in [-0.4, -0.2) is 35.2 Å². The zero-order valence-electron chi connectivity index (χ0n) is 14.4. The van der Waals surface area contributed by atoms with Crippen molar-refractivity contribution >= 4 is 11.8 Å². The SMILES string of the molecule is CC(C)=CCOc1ccc(C(=O)NC(C(=O)NO)C(C)(C)N)cc1. The van der Waals surface area contributed by atoms with Crippen LogP contribution in [0.25, 0.3) is 0 Å². The molecule has 1 unspecified atom stereocenters. The van der Waals surface area contributed by atoms with Crippen molar-refractivity contribution < 1.29 is 19.5 Å². The highest BCUT2D eigenvalue weighted by Crippen LogP contribution is 2.13. The van der Waals surface area contributed by atoms with Crippen molar-refractivity contribution in [3.8, 4) is 5.75 Å². The standard InChI is InChI=1S/C17H25N3O4/c1-11(2)9-10-24-13-7-5-12(6-8-13)15(21)19-14(16(22)20-23)17(3,4)18/h5-9,14,23H,10,18H2,1-4H3,(H,19,21)(H,20,22). The van der Waals surface area contributed by atoms with Gasteiger partial charge >= 0.3 is 0 Å². The van der Waals surface area contributed by atoms with Crippen LogP contribution in [0.1, 0.15) is 38.1 Å². The zero-order chi connectivity index (χ0) is 18.3. The zero-order valence-corrected chi connectivity index (χ0v) is 14.4. The molecule has 0 heterocycles. The normalized spacial score (nSPS) is 12.1. The fourth-order valence-electron chi connectivity index (χ4n) is 1.88. The summed E-state index contributed by atoms with van der Waals surface area (Å²) in [5.74, 6) is -0.622. The number of carbonyl (C=O) groups excluding carboxylic acids is 2. The van der Waals surface area contributed by atoms with E-state index in [1.807, 2.05) is 19.9 Å². The van der Waals surface area contributed by atoms with E-state index in [1.165, 1.54) is 5.48 Å². The first-order valence-electron chi connectivity index (χ1n) is 7.55. The molecular weight excluding hydrogens is 310 g/mol. The van der Waals surface area contributed by atoms with Crippen molar-refractivity contribution in [3.05, 3.63) is 41.5 Å². The molecular formula is C17H25N3O4. The fourth-order valence-corrected chi connectivity index (χ4v) is 1.88. The maximum atomic E-state index is 12.3. The molecule has 0 saturated heterocycles. The van der Waals surface area contributed by atoms with E-state index in [2.05, 4.69) is 5.32 Å². The summed E-state index contributed by atoms with van der Waals surface area (Å²) in [6.45, 7) is 7.57. The predicted octanol–water partition coefficient (Wildman–Crippen LogP) is 1.37. The summed E-state index contributed by atoms with van der Waals surface area (Å²) in [6, 6.07) is 5.43. The van der Waals surface area contributed by atoms with E-state index in [-0.39, 0.29) is 0 Å². The fraction of sp³-hybridized carbons (Fsp3) is 0.412. The third kappa shape index (κ3) is 6.02. The Labute approximate surface area is 141 Å². The van der Waals surface area contributed by atoms with Gasteiger partial charge in [0.25, 0.3) is 11.8 Å². The maximum absolute atomic E-state index is 12.3. The maximum Gasteiger partial charge on any atom is 0.267 e. The molecule has 0 radical (unpaired) electrons. The Kier molecular flexibility index (Phi) is 6.94. The van der Waals surface area contributed by atoms with Crippen LogP contribution in [0.3, 0.4) is 0 Å². The van der Waals surface area contributed by atoms with Gasteiger partial charge in [0.2, 0.25) is 0 Å². The summed E-state index contributed by atoms with van der Waals surface area (Å²) in [7, 11) is 0. The lowest BCUT2D eigenvalue weighted by Crippen LogP contribution is -2.61. The van der Waals surface area contributed by atoms with E-state index in [9.17, 15) is 9.59 Å². The number of nitrogens with one attached hydrogen (secondary N) is 2. The van der Waals surface area contributed by atoms with E-state index in [0.717, 1.165) is 5.57 Å². The van der Waals surface area contributed by atoms with Crippen molar-refractivity contribution in [1.82, 2.24) is 10.8 Å². The highest BCUT2D eigenvalue weighted by molar-refractivity contribution is 5.97. The average molecular weight is 335 g/mol. The van der Waals surface area contributed by atoms with Crippen LogP contribution in [0.15, 0.2) is 35.9 Å². The lowest BCUT2D eigenvalue weighted by Gasteiger charge is -2.29. The number of hydrogen-bond donors (Lipinski definition) is 4. The third-order valence-electron chi connectivity index (χ3n) is 3.25. The Hall–Kier alpha value is -2.38. The molecule has 0 aliphatic rings. The van der Waals surface area contributed by atoms with Gasteiger partial charge in [-0.05, 0) is 58.0 Å². The topological polar surface area (TPSA) is 114 Å². The van der Waals surface area contributed by atoms with Gasteiger partial charge < -0.3 is 15.8 Å². The van der Waals surface area contributed by atoms with Crippen LogP contribution in [-0.2, 0) is 4.79 Å². The second-order valence-corrected chi connectivity index (χ2v) is 6.32. The molecule has 5 N–H and O–H groups in total. The van der Waals surface area contributed by atoms with Gasteiger partial charge in [0.15, 0.2) is 0 Å². The molecule has 0 bridgehead atoms. The number of ether oxygens (including phenoxy) is 1. The van der Waals surface area contributed by atoms with Gasteiger partial charge in [-0.25, -0.2) is 5.48 Å². The number of amides is 2. The van der Waals surface area contributed by atoms with Crippen LogP contribution in [0.2, 0.25) is 0 Å². The molecule has 132 valence electrons. The van der Waals surface area contributed by atoms with Crippen molar-refractivity contribution in [2.75, 3.05) is 6.61 Å². The Morgan fingerprint density at radius 2 is 1.88 bits per heavy atom. The molecule has 2 amide bonds. The van der Waals surface area contributed by atoms with Gasteiger partial charge in [-0.3, -0.25) is 14.8 Å². The summed E-state index contributed by atoms with van der Waals surface area (Å²) in [5, 5.41) is 11.3. The second kappa shape index (κ2) is 8.47. The van der Waals surface area contributed by atoms with Crippen LogP contribution >= 0.6 is 0 Å². The van der Waals surface area contributed by atoms with Crippen LogP contribution < -0.4 is 21.3 Å². The molecule has 0 saturated carbocycles. The molecule has 0 aliphatic heterocycles. The van der Waals surface area contributed by atoms with Gasteiger partial charge in [-0.15, -0.1) is 0 Å². The van der Waals surface area contributed by atoms with Gasteiger partial charge in [0, 0.05) is 11.1 Å².